The van der Waals surface area contributed by atoms with Crippen LogP contribution in [0.15, 0.2) is 24.3 Å². The molecule has 0 saturated carbocycles. The van der Waals surface area contributed by atoms with E-state index >= 15 is 0 Å². The van der Waals surface area contributed by atoms with Crippen molar-refractivity contribution in [3.05, 3.63) is 35.6 Å². The Balaban J connectivity index is 2.76. The molecule has 8 heteroatoms. The number of nitrogens with one attached hydrogen (secondary N) is 4. The van der Waals surface area contributed by atoms with E-state index in [2.05, 4.69) is 21.5 Å². The quantitative estimate of drug-likeness (QED) is 0.484. The lowest BCUT2D eigenvalue weighted by atomic mass is 10.0. The fourth-order valence-corrected chi connectivity index (χ4v) is 1.71. The Bertz CT molecular complexity index is 566. The third-order valence-corrected chi connectivity index (χ3v) is 3.19. The molecule has 0 spiro atoms. The number of amides is 2. The van der Waals surface area contributed by atoms with E-state index in [9.17, 15) is 14.0 Å². The highest BCUT2D eigenvalue weighted by Crippen LogP contribution is 2.08. The number of halogens is 1. The first-order valence-corrected chi connectivity index (χ1v) is 7.10. The molecule has 0 bridgehead atoms. The smallest absolute Gasteiger partial charge is 0.261 e. The standard InChI is InChI=1S/C14H19FN4O2S/c1-8(2)11(13(21)18-19-14(22)16-3)17-12(20)9-6-4-5-7-10(9)15/h4-8,11H,1-3H3,(H,17,20)(H,18,21)(H2,16,19,22). The zero-order valence-electron chi connectivity index (χ0n) is 12.6. The van der Waals surface area contributed by atoms with Gasteiger partial charge in [0.25, 0.3) is 11.8 Å². The van der Waals surface area contributed by atoms with Crippen molar-refractivity contribution in [2.24, 2.45) is 5.92 Å². The molecule has 0 aliphatic carbocycles. The lowest BCUT2D eigenvalue weighted by Gasteiger charge is -2.22. The van der Waals surface area contributed by atoms with Gasteiger partial charge in [0, 0.05) is 7.05 Å². The van der Waals surface area contributed by atoms with Gasteiger partial charge in [-0.1, -0.05) is 26.0 Å². The first kappa shape index (κ1) is 17.8. The van der Waals surface area contributed by atoms with Crippen molar-refractivity contribution in [1.82, 2.24) is 21.5 Å². The number of carbonyl (C=O) groups excluding carboxylic acids is 2. The Hall–Kier alpha value is -2.22. The molecule has 1 unspecified atom stereocenters. The molecule has 0 heterocycles. The molecule has 1 rings (SSSR count). The van der Waals surface area contributed by atoms with Crippen molar-refractivity contribution in [3.8, 4) is 0 Å². The molecule has 0 saturated heterocycles. The monoisotopic (exact) mass is 326 g/mol. The number of hydrogen-bond acceptors (Lipinski definition) is 3. The lowest BCUT2D eigenvalue weighted by Crippen LogP contribution is -2.55. The Morgan fingerprint density at radius 2 is 1.82 bits per heavy atom. The topological polar surface area (TPSA) is 82.3 Å². The van der Waals surface area contributed by atoms with Gasteiger partial charge in [-0.05, 0) is 30.3 Å². The second-order valence-electron chi connectivity index (χ2n) is 4.87. The van der Waals surface area contributed by atoms with Crippen molar-refractivity contribution in [3.63, 3.8) is 0 Å². The predicted octanol–water partition coefficient (Wildman–Crippen LogP) is 0.705. The van der Waals surface area contributed by atoms with Crippen LogP contribution >= 0.6 is 12.2 Å². The summed E-state index contributed by atoms with van der Waals surface area (Å²) in [5, 5.41) is 5.38. The van der Waals surface area contributed by atoms with Crippen LogP contribution in [-0.2, 0) is 4.79 Å². The minimum Gasteiger partial charge on any atom is -0.364 e. The highest BCUT2D eigenvalue weighted by molar-refractivity contribution is 7.80. The normalized spacial score (nSPS) is 11.5. The van der Waals surface area contributed by atoms with E-state index in [-0.39, 0.29) is 16.6 Å². The van der Waals surface area contributed by atoms with Crippen molar-refractivity contribution in [1.29, 1.82) is 0 Å². The highest BCUT2D eigenvalue weighted by Gasteiger charge is 2.25. The molecule has 1 aromatic carbocycles. The zero-order valence-corrected chi connectivity index (χ0v) is 13.4. The van der Waals surface area contributed by atoms with Crippen molar-refractivity contribution in [2.75, 3.05) is 7.05 Å². The van der Waals surface area contributed by atoms with Crippen LogP contribution in [0.3, 0.4) is 0 Å². The largest absolute Gasteiger partial charge is 0.364 e. The lowest BCUT2D eigenvalue weighted by molar-refractivity contribution is -0.124. The summed E-state index contributed by atoms with van der Waals surface area (Å²) in [7, 11) is 1.60. The Kier molecular flexibility index (Phi) is 6.71. The van der Waals surface area contributed by atoms with Gasteiger partial charge in [0.1, 0.15) is 11.9 Å². The first-order valence-electron chi connectivity index (χ1n) is 6.69. The summed E-state index contributed by atoms with van der Waals surface area (Å²) < 4.78 is 13.6. The minimum absolute atomic E-state index is 0.111. The van der Waals surface area contributed by atoms with Gasteiger partial charge >= 0.3 is 0 Å². The summed E-state index contributed by atoms with van der Waals surface area (Å²) in [6.45, 7) is 3.53. The zero-order chi connectivity index (χ0) is 16.7. The molecule has 2 amide bonds. The molecule has 120 valence electrons. The second-order valence-corrected chi connectivity index (χ2v) is 5.28. The third-order valence-electron chi connectivity index (χ3n) is 2.88. The van der Waals surface area contributed by atoms with Gasteiger partial charge in [-0.2, -0.15) is 0 Å². The molecule has 0 aliphatic heterocycles. The van der Waals surface area contributed by atoms with Crippen LogP contribution in [-0.4, -0.2) is 30.0 Å². The van der Waals surface area contributed by atoms with E-state index < -0.39 is 23.7 Å². The Labute approximate surface area is 133 Å². The van der Waals surface area contributed by atoms with Crippen LogP contribution in [0.2, 0.25) is 0 Å². The Morgan fingerprint density at radius 1 is 1.18 bits per heavy atom. The fraction of sp³-hybridized carbons (Fsp3) is 0.357. The summed E-state index contributed by atoms with van der Waals surface area (Å²) in [5.74, 6) is -1.96. The molecule has 4 N–H and O–H groups in total. The van der Waals surface area contributed by atoms with Crippen LogP contribution in [0.5, 0.6) is 0 Å². The molecule has 1 atom stereocenters. The molecule has 0 radical (unpaired) electrons. The molecular formula is C14H19FN4O2S. The van der Waals surface area contributed by atoms with E-state index in [1.165, 1.54) is 18.2 Å². The van der Waals surface area contributed by atoms with E-state index in [1.54, 1.807) is 27.0 Å². The van der Waals surface area contributed by atoms with E-state index in [4.69, 9.17) is 12.2 Å². The summed E-state index contributed by atoms with van der Waals surface area (Å²) in [6, 6.07) is 4.75. The van der Waals surface area contributed by atoms with Crippen LogP contribution in [0.4, 0.5) is 4.39 Å². The summed E-state index contributed by atoms with van der Waals surface area (Å²) in [6.07, 6.45) is 0. The van der Waals surface area contributed by atoms with Gasteiger partial charge < -0.3 is 10.6 Å². The summed E-state index contributed by atoms with van der Waals surface area (Å²) in [5.41, 5.74) is 4.76. The molecule has 0 aromatic heterocycles. The average Bonchev–Trinajstić information content (AvgIpc) is 2.49. The molecule has 1 aromatic rings. The summed E-state index contributed by atoms with van der Waals surface area (Å²) in [4.78, 5) is 24.2. The fourth-order valence-electron chi connectivity index (χ4n) is 1.66. The van der Waals surface area contributed by atoms with Gasteiger partial charge in [0.2, 0.25) is 0 Å². The molecule has 0 aliphatic rings. The number of hydrogen-bond donors (Lipinski definition) is 4. The van der Waals surface area contributed by atoms with Crippen LogP contribution in [0, 0.1) is 11.7 Å². The number of hydrazine groups is 1. The van der Waals surface area contributed by atoms with Gasteiger partial charge in [-0.3, -0.25) is 20.4 Å². The van der Waals surface area contributed by atoms with E-state index in [1.807, 2.05) is 0 Å². The maximum atomic E-state index is 13.6. The first-order chi connectivity index (χ1) is 10.4. The van der Waals surface area contributed by atoms with Crippen LogP contribution < -0.4 is 21.5 Å². The van der Waals surface area contributed by atoms with E-state index in [0.717, 1.165) is 0 Å². The Morgan fingerprint density at radius 3 is 2.36 bits per heavy atom. The van der Waals surface area contributed by atoms with Gasteiger partial charge in [0.05, 0.1) is 5.56 Å². The average molecular weight is 326 g/mol. The predicted molar refractivity (Wildman–Crippen MR) is 85.4 cm³/mol. The maximum Gasteiger partial charge on any atom is 0.261 e. The third kappa shape index (κ3) is 4.96. The van der Waals surface area contributed by atoms with Gasteiger partial charge in [-0.25, -0.2) is 4.39 Å². The number of rotatable bonds is 4. The van der Waals surface area contributed by atoms with Crippen molar-refractivity contribution in [2.45, 2.75) is 19.9 Å². The van der Waals surface area contributed by atoms with E-state index in [0.29, 0.717) is 0 Å². The maximum absolute atomic E-state index is 13.6. The number of carbonyl (C=O) groups is 2. The van der Waals surface area contributed by atoms with Crippen LogP contribution in [0.25, 0.3) is 0 Å². The molecule has 0 fully saturated rings. The van der Waals surface area contributed by atoms with Crippen LogP contribution in [0.1, 0.15) is 24.2 Å². The SMILES string of the molecule is CNC(=S)NNC(=O)C(NC(=O)c1ccccc1F)C(C)C. The van der Waals surface area contributed by atoms with Gasteiger partial charge in [0.15, 0.2) is 5.11 Å². The summed E-state index contributed by atoms with van der Waals surface area (Å²) >= 11 is 4.83. The minimum atomic E-state index is -0.834. The highest BCUT2D eigenvalue weighted by atomic mass is 32.1. The molecular weight excluding hydrogens is 307 g/mol. The molecule has 6 nitrogen and oxygen atoms in total. The number of thiocarbonyl (C=S) groups is 1. The van der Waals surface area contributed by atoms with Crippen molar-refractivity contribution < 1.29 is 14.0 Å². The van der Waals surface area contributed by atoms with Crippen molar-refractivity contribution >= 4 is 29.1 Å². The number of benzene rings is 1. The van der Waals surface area contributed by atoms with Gasteiger partial charge in [-0.15, -0.1) is 0 Å². The second kappa shape index (κ2) is 8.28. The molecule has 22 heavy (non-hydrogen) atoms.